The molecule has 0 amide bonds. The molecule has 1 aromatic heterocycles. The van der Waals surface area contributed by atoms with Crippen molar-refractivity contribution in [3.8, 4) is 0 Å². The van der Waals surface area contributed by atoms with Gasteiger partial charge in [0, 0.05) is 62.5 Å². The molecule has 0 radical (unpaired) electrons. The molecule has 4 bridgehead atoms. The summed E-state index contributed by atoms with van der Waals surface area (Å²) in [7, 11) is 0. The Morgan fingerprint density at radius 2 is 1.40 bits per heavy atom. The van der Waals surface area contributed by atoms with E-state index < -0.39 is 0 Å². The van der Waals surface area contributed by atoms with Gasteiger partial charge < -0.3 is 20.4 Å². The van der Waals surface area contributed by atoms with Crippen LogP contribution in [0.25, 0.3) is 0 Å². The molecule has 6 heterocycles. The quantitative estimate of drug-likeness (QED) is 0.818. The molecule has 5 aliphatic rings. The monoisotopic (exact) mass is 358 g/mol. The molecule has 4 saturated heterocycles. The molecule has 0 aromatic carbocycles. The fourth-order valence-electron chi connectivity index (χ4n) is 5.56. The van der Waals surface area contributed by atoms with Crippen LogP contribution in [0.3, 0.4) is 0 Å². The van der Waals surface area contributed by atoms with Gasteiger partial charge in [0.25, 0.3) is 0 Å². The van der Waals surface area contributed by atoms with Crippen LogP contribution >= 0.6 is 11.8 Å². The number of thioether (sulfide) groups is 1. The maximum Gasteiger partial charge on any atom is 0.228 e. The van der Waals surface area contributed by atoms with Crippen molar-refractivity contribution < 1.29 is 0 Å². The van der Waals surface area contributed by atoms with Crippen LogP contribution in [0.15, 0.2) is 4.90 Å². The molecule has 0 spiro atoms. The molecule has 7 heteroatoms. The standard InChI is InChI=1S/C18H26N6S/c1-2-12-8-19-7-11(1)23(12)17-16-15(5-6-25-16)21-18(22-17)24-13-3-4-14(24)10-20-9-13/h11-14,19-20H,1-10H2. The first-order valence-corrected chi connectivity index (χ1v) is 10.9. The summed E-state index contributed by atoms with van der Waals surface area (Å²) in [5.74, 6) is 3.44. The summed E-state index contributed by atoms with van der Waals surface area (Å²) in [5.41, 5.74) is 1.31. The molecule has 25 heavy (non-hydrogen) atoms. The highest BCUT2D eigenvalue weighted by Gasteiger charge is 2.42. The van der Waals surface area contributed by atoms with Crippen molar-refractivity contribution >= 4 is 23.5 Å². The van der Waals surface area contributed by atoms with Gasteiger partial charge in [0.05, 0.1) is 10.6 Å². The van der Waals surface area contributed by atoms with Crippen LogP contribution in [0.2, 0.25) is 0 Å². The summed E-state index contributed by atoms with van der Waals surface area (Å²) in [5, 5.41) is 7.19. The van der Waals surface area contributed by atoms with Crippen LogP contribution in [0.4, 0.5) is 11.8 Å². The van der Waals surface area contributed by atoms with Crippen LogP contribution in [0, 0.1) is 0 Å². The number of aromatic nitrogens is 2. The van der Waals surface area contributed by atoms with E-state index in [1.807, 2.05) is 11.8 Å². The van der Waals surface area contributed by atoms with Crippen molar-refractivity contribution in [1.82, 2.24) is 20.6 Å². The lowest BCUT2D eigenvalue weighted by Gasteiger charge is -2.39. The molecule has 5 aliphatic heterocycles. The Balaban J connectivity index is 1.44. The van der Waals surface area contributed by atoms with Crippen molar-refractivity contribution in [2.45, 2.75) is 61.2 Å². The van der Waals surface area contributed by atoms with Crippen LogP contribution in [-0.2, 0) is 6.42 Å². The van der Waals surface area contributed by atoms with Crippen molar-refractivity contribution in [2.75, 3.05) is 41.7 Å². The number of piperazine rings is 2. The average molecular weight is 359 g/mol. The Kier molecular flexibility index (Phi) is 3.45. The van der Waals surface area contributed by atoms with Gasteiger partial charge in [-0.25, -0.2) is 4.98 Å². The third kappa shape index (κ3) is 2.25. The molecular formula is C18H26N6S. The lowest BCUT2D eigenvalue weighted by atomic mass is 10.2. The molecule has 4 fully saturated rings. The molecule has 4 unspecified atom stereocenters. The summed E-state index contributed by atoms with van der Waals surface area (Å²) in [6.07, 6.45) is 6.26. The van der Waals surface area contributed by atoms with E-state index in [-0.39, 0.29) is 0 Å². The number of nitrogens with zero attached hydrogens (tertiary/aromatic N) is 4. The average Bonchev–Trinajstić information content (AvgIpc) is 3.27. The molecule has 4 atom stereocenters. The van der Waals surface area contributed by atoms with Gasteiger partial charge in [-0.05, 0) is 25.7 Å². The van der Waals surface area contributed by atoms with Crippen LogP contribution < -0.4 is 20.4 Å². The van der Waals surface area contributed by atoms with Gasteiger partial charge in [-0.15, -0.1) is 11.8 Å². The van der Waals surface area contributed by atoms with Gasteiger partial charge in [0.2, 0.25) is 5.95 Å². The number of fused-ring (bicyclic) bond motifs is 5. The number of rotatable bonds is 2. The highest BCUT2D eigenvalue weighted by Crippen LogP contribution is 2.43. The highest BCUT2D eigenvalue weighted by atomic mass is 32.2. The zero-order valence-electron chi connectivity index (χ0n) is 14.6. The second-order valence-corrected chi connectivity index (χ2v) is 9.23. The molecule has 2 N–H and O–H groups in total. The first kappa shape index (κ1) is 15.1. The van der Waals surface area contributed by atoms with E-state index in [0.717, 1.165) is 44.3 Å². The second kappa shape index (κ2) is 5.72. The zero-order valence-corrected chi connectivity index (χ0v) is 15.4. The Morgan fingerprint density at radius 1 is 0.800 bits per heavy atom. The Morgan fingerprint density at radius 3 is 2.04 bits per heavy atom. The minimum absolute atomic E-state index is 0.582. The SMILES string of the molecule is C1Cc2nc(N3C4CCC3CNC4)nc(N3C4CCC3CNC4)c2S1. The minimum atomic E-state index is 0.582. The number of hydrogen-bond donors (Lipinski definition) is 2. The summed E-state index contributed by atoms with van der Waals surface area (Å²) >= 11 is 1.97. The van der Waals surface area contributed by atoms with Gasteiger partial charge >= 0.3 is 0 Å². The zero-order chi connectivity index (χ0) is 16.4. The van der Waals surface area contributed by atoms with E-state index in [1.165, 1.54) is 42.1 Å². The lowest BCUT2D eigenvalue weighted by molar-refractivity contribution is 0.467. The first-order valence-electron chi connectivity index (χ1n) is 9.90. The number of anilines is 2. The Labute approximate surface area is 153 Å². The molecule has 6 nitrogen and oxygen atoms in total. The summed E-state index contributed by atoms with van der Waals surface area (Å²) in [6.45, 7) is 4.38. The molecule has 0 saturated carbocycles. The van der Waals surface area contributed by atoms with Gasteiger partial charge in [0.15, 0.2) is 0 Å². The molecule has 6 rings (SSSR count). The van der Waals surface area contributed by atoms with E-state index >= 15 is 0 Å². The topological polar surface area (TPSA) is 56.3 Å². The van der Waals surface area contributed by atoms with E-state index in [9.17, 15) is 0 Å². The van der Waals surface area contributed by atoms with Gasteiger partial charge in [-0.1, -0.05) is 0 Å². The highest BCUT2D eigenvalue weighted by molar-refractivity contribution is 7.99. The fraction of sp³-hybridized carbons (Fsp3) is 0.778. The van der Waals surface area contributed by atoms with E-state index in [0.29, 0.717) is 24.2 Å². The minimum Gasteiger partial charge on any atom is -0.347 e. The van der Waals surface area contributed by atoms with Gasteiger partial charge in [-0.3, -0.25) is 0 Å². The van der Waals surface area contributed by atoms with Crippen molar-refractivity contribution in [1.29, 1.82) is 0 Å². The van der Waals surface area contributed by atoms with Gasteiger partial charge in [0.1, 0.15) is 5.82 Å². The third-order valence-corrected chi connectivity index (χ3v) is 7.84. The normalized spacial score (nSPS) is 36.2. The lowest BCUT2D eigenvalue weighted by Crippen LogP contribution is -2.54. The van der Waals surface area contributed by atoms with E-state index in [1.54, 1.807) is 0 Å². The smallest absolute Gasteiger partial charge is 0.228 e. The maximum absolute atomic E-state index is 5.24. The fourth-order valence-corrected chi connectivity index (χ4v) is 6.65. The van der Waals surface area contributed by atoms with Crippen LogP contribution in [0.5, 0.6) is 0 Å². The largest absolute Gasteiger partial charge is 0.347 e. The summed E-state index contributed by atoms with van der Waals surface area (Å²) in [4.78, 5) is 16.9. The number of aryl methyl sites for hydroxylation is 1. The Bertz CT molecular complexity index is 664. The summed E-state index contributed by atoms with van der Waals surface area (Å²) in [6, 6.07) is 2.40. The molecule has 1 aromatic rings. The van der Waals surface area contributed by atoms with Crippen LogP contribution in [0.1, 0.15) is 31.4 Å². The predicted molar refractivity (Wildman–Crippen MR) is 101 cm³/mol. The van der Waals surface area contributed by atoms with E-state index in [4.69, 9.17) is 9.97 Å². The number of hydrogen-bond acceptors (Lipinski definition) is 7. The van der Waals surface area contributed by atoms with E-state index in [2.05, 4.69) is 20.4 Å². The molecular weight excluding hydrogens is 332 g/mol. The summed E-state index contributed by atoms with van der Waals surface area (Å²) < 4.78 is 0. The number of nitrogens with one attached hydrogen (secondary N) is 2. The molecule has 134 valence electrons. The third-order valence-electron chi connectivity index (χ3n) is 6.73. The van der Waals surface area contributed by atoms with Crippen molar-refractivity contribution in [2.24, 2.45) is 0 Å². The Hall–Kier alpha value is -1.05. The van der Waals surface area contributed by atoms with Crippen molar-refractivity contribution in [3.63, 3.8) is 0 Å². The maximum atomic E-state index is 5.24. The van der Waals surface area contributed by atoms with Crippen LogP contribution in [-0.4, -0.2) is 66.1 Å². The predicted octanol–water partition coefficient (Wildman–Crippen LogP) is 1.01. The van der Waals surface area contributed by atoms with Crippen molar-refractivity contribution in [3.05, 3.63) is 5.69 Å². The first-order chi connectivity index (χ1) is 12.4. The van der Waals surface area contributed by atoms with Gasteiger partial charge in [-0.2, -0.15) is 4.98 Å². The second-order valence-electron chi connectivity index (χ2n) is 8.12. The molecule has 0 aliphatic carbocycles.